The molecule has 2 rings (SSSR count). The molecule has 0 saturated heterocycles. The molecular weight excluding hydrogens is 248 g/mol. The van der Waals surface area contributed by atoms with Gasteiger partial charge >= 0.3 is 0 Å². The molecule has 2 heterocycles. The number of rotatable bonds is 4. The van der Waals surface area contributed by atoms with Crippen LogP contribution in [-0.2, 0) is 11.2 Å². The second-order valence-electron chi connectivity index (χ2n) is 4.76. The number of nitrogens with zero attached hydrogens (tertiary/aromatic N) is 2. The predicted molar refractivity (Wildman–Crippen MR) is 72.6 cm³/mol. The van der Waals surface area contributed by atoms with Gasteiger partial charge in [0.25, 0.3) is 0 Å². The number of fused-ring (bicyclic) bond motifs is 1. The molecule has 0 unspecified atom stereocenters. The van der Waals surface area contributed by atoms with Crippen molar-refractivity contribution in [3.8, 4) is 0 Å². The molecule has 0 aliphatic carbocycles. The van der Waals surface area contributed by atoms with E-state index in [-0.39, 0.29) is 11.8 Å². The number of nitrogens with one attached hydrogen (secondary N) is 1. The number of carbonyl (C=O) groups is 1. The van der Waals surface area contributed by atoms with Gasteiger partial charge in [0, 0.05) is 12.2 Å². The fourth-order valence-corrected chi connectivity index (χ4v) is 3.06. The fraction of sp³-hybridized carbons (Fsp3) is 0.583. The van der Waals surface area contributed by atoms with Crippen LogP contribution in [0.3, 0.4) is 0 Å². The lowest BCUT2D eigenvalue weighted by atomic mass is 10.0. The van der Waals surface area contributed by atoms with Crippen LogP contribution in [0.25, 0.3) is 0 Å². The van der Waals surface area contributed by atoms with Gasteiger partial charge in [-0.15, -0.1) is 11.8 Å². The number of thioether (sulfide) groups is 1. The number of primary amides is 1. The molecule has 0 spiro atoms. The molecule has 6 heteroatoms. The summed E-state index contributed by atoms with van der Waals surface area (Å²) in [6.45, 7) is 5.79. The zero-order valence-corrected chi connectivity index (χ0v) is 11.7. The number of aromatic nitrogens is 2. The zero-order valence-electron chi connectivity index (χ0n) is 10.9. The number of anilines is 1. The summed E-state index contributed by atoms with van der Waals surface area (Å²) < 4.78 is 0. The van der Waals surface area contributed by atoms with Gasteiger partial charge in [0.1, 0.15) is 17.7 Å². The van der Waals surface area contributed by atoms with Gasteiger partial charge in [-0.25, -0.2) is 9.97 Å². The minimum absolute atomic E-state index is 0.125. The maximum Gasteiger partial charge on any atom is 0.240 e. The molecule has 1 amide bonds. The Labute approximate surface area is 111 Å². The van der Waals surface area contributed by atoms with Gasteiger partial charge in [0.05, 0.1) is 10.6 Å². The Morgan fingerprint density at radius 1 is 1.44 bits per heavy atom. The summed E-state index contributed by atoms with van der Waals surface area (Å²) in [4.78, 5) is 21.3. The maximum atomic E-state index is 11.4. The average molecular weight is 266 g/mol. The second kappa shape index (κ2) is 5.14. The first-order chi connectivity index (χ1) is 8.49. The van der Waals surface area contributed by atoms with E-state index in [2.05, 4.69) is 15.3 Å². The Morgan fingerprint density at radius 3 is 2.78 bits per heavy atom. The van der Waals surface area contributed by atoms with Crippen molar-refractivity contribution in [2.75, 3.05) is 11.1 Å². The Kier molecular flexibility index (Phi) is 3.75. The van der Waals surface area contributed by atoms with Crippen molar-refractivity contribution in [3.63, 3.8) is 0 Å². The lowest BCUT2D eigenvalue weighted by Crippen LogP contribution is -2.40. The molecule has 1 atom stereocenters. The highest BCUT2D eigenvalue weighted by molar-refractivity contribution is 7.99. The topological polar surface area (TPSA) is 80.9 Å². The van der Waals surface area contributed by atoms with E-state index < -0.39 is 6.04 Å². The number of nitrogens with two attached hydrogens (primary N) is 1. The average Bonchev–Trinajstić information content (AvgIpc) is 2.72. The number of aryl methyl sites for hydroxylation is 2. The van der Waals surface area contributed by atoms with Crippen LogP contribution in [0.2, 0.25) is 0 Å². The first kappa shape index (κ1) is 13.1. The Bertz CT molecular complexity index is 475. The third-order valence-electron chi connectivity index (χ3n) is 2.90. The molecule has 0 aromatic carbocycles. The summed E-state index contributed by atoms with van der Waals surface area (Å²) in [5, 5.41) is 3.17. The third kappa shape index (κ3) is 2.58. The van der Waals surface area contributed by atoms with Crippen molar-refractivity contribution in [1.29, 1.82) is 0 Å². The molecule has 1 aromatic heterocycles. The van der Waals surface area contributed by atoms with Crippen LogP contribution in [0.5, 0.6) is 0 Å². The fourth-order valence-electron chi connectivity index (χ4n) is 2.00. The lowest BCUT2D eigenvalue weighted by Gasteiger charge is -2.21. The van der Waals surface area contributed by atoms with Crippen molar-refractivity contribution >= 4 is 23.5 Å². The molecule has 1 aliphatic heterocycles. The molecule has 3 N–H and O–H groups in total. The molecule has 0 fully saturated rings. The van der Waals surface area contributed by atoms with Gasteiger partial charge in [-0.1, -0.05) is 13.8 Å². The molecule has 5 nitrogen and oxygen atoms in total. The van der Waals surface area contributed by atoms with Crippen LogP contribution in [0.4, 0.5) is 5.82 Å². The van der Waals surface area contributed by atoms with E-state index in [4.69, 9.17) is 5.73 Å². The molecule has 1 aliphatic rings. The molecule has 0 saturated carbocycles. The van der Waals surface area contributed by atoms with E-state index in [0.717, 1.165) is 34.4 Å². The Morgan fingerprint density at radius 2 is 2.17 bits per heavy atom. The van der Waals surface area contributed by atoms with Gasteiger partial charge in [0.2, 0.25) is 5.91 Å². The minimum Gasteiger partial charge on any atom is -0.368 e. The van der Waals surface area contributed by atoms with Gasteiger partial charge in [-0.05, 0) is 12.8 Å². The van der Waals surface area contributed by atoms with Gasteiger partial charge in [0.15, 0.2) is 0 Å². The highest BCUT2D eigenvalue weighted by atomic mass is 32.2. The SMILES string of the molecule is Cc1nc2c(c(N[C@@H](C(N)=O)C(C)C)n1)SCC2. The lowest BCUT2D eigenvalue weighted by molar-refractivity contribution is -0.119. The van der Waals surface area contributed by atoms with Crippen LogP contribution in [-0.4, -0.2) is 27.7 Å². The summed E-state index contributed by atoms with van der Waals surface area (Å²) in [7, 11) is 0. The van der Waals surface area contributed by atoms with E-state index in [1.54, 1.807) is 11.8 Å². The second-order valence-corrected chi connectivity index (χ2v) is 5.87. The van der Waals surface area contributed by atoms with Crippen molar-refractivity contribution in [2.24, 2.45) is 11.7 Å². The quantitative estimate of drug-likeness (QED) is 0.860. The van der Waals surface area contributed by atoms with Gasteiger partial charge < -0.3 is 11.1 Å². The molecule has 0 radical (unpaired) electrons. The molecule has 1 aromatic rings. The summed E-state index contributed by atoms with van der Waals surface area (Å²) in [6, 6.07) is -0.399. The normalized spacial score (nSPS) is 15.6. The van der Waals surface area contributed by atoms with Crippen molar-refractivity contribution in [2.45, 2.75) is 38.1 Å². The van der Waals surface area contributed by atoms with E-state index in [1.165, 1.54) is 0 Å². The number of carbonyl (C=O) groups excluding carboxylic acids is 1. The monoisotopic (exact) mass is 266 g/mol. The van der Waals surface area contributed by atoms with Crippen LogP contribution >= 0.6 is 11.8 Å². The maximum absolute atomic E-state index is 11.4. The highest BCUT2D eigenvalue weighted by Gasteiger charge is 2.24. The van der Waals surface area contributed by atoms with Gasteiger partial charge in [-0.2, -0.15) is 0 Å². The smallest absolute Gasteiger partial charge is 0.240 e. The van der Waals surface area contributed by atoms with Crippen LogP contribution in [0, 0.1) is 12.8 Å². The van der Waals surface area contributed by atoms with Crippen molar-refractivity contribution < 1.29 is 4.79 Å². The zero-order chi connectivity index (χ0) is 13.3. The molecule has 0 bridgehead atoms. The van der Waals surface area contributed by atoms with Gasteiger partial charge in [-0.3, -0.25) is 4.79 Å². The van der Waals surface area contributed by atoms with Crippen LogP contribution < -0.4 is 11.1 Å². The van der Waals surface area contributed by atoms with E-state index in [0.29, 0.717) is 0 Å². The van der Waals surface area contributed by atoms with Crippen LogP contribution in [0.15, 0.2) is 4.90 Å². The third-order valence-corrected chi connectivity index (χ3v) is 4.02. The Hall–Kier alpha value is -1.30. The number of hydrogen-bond donors (Lipinski definition) is 2. The largest absolute Gasteiger partial charge is 0.368 e. The highest BCUT2D eigenvalue weighted by Crippen LogP contribution is 2.35. The van der Waals surface area contributed by atoms with Crippen molar-refractivity contribution in [3.05, 3.63) is 11.5 Å². The predicted octanol–water partition coefficient (Wildman–Crippen LogP) is 1.36. The molecule has 98 valence electrons. The molecular formula is C12H18N4OS. The summed E-state index contributed by atoms with van der Waals surface area (Å²) in [6.07, 6.45) is 0.959. The first-order valence-electron chi connectivity index (χ1n) is 6.05. The van der Waals surface area contributed by atoms with E-state index >= 15 is 0 Å². The standard InChI is InChI=1S/C12H18N4OS/c1-6(2)9(11(13)17)16-12-10-8(4-5-18-10)14-7(3)15-12/h6,9H,4-5H2,1-3H3,(H2,13,17)(H,14,15,16)/t9-/m1/s1. The summed E-state index contributed by atoms with van der Waals surface area (Å²) in [5.74, 6) is 2.27. The van der Waals surface area contributed by atoms with E-state index in [9.17, 15) is 4.79 Å². The van der Waals surface area contributed by atoms with Crippen molar-refractivity contribution in [1.82, 2.24) is 9.97 Å². The number of amides is 1. The summed E-state index contributed by atoms with van der Waals surface area (Å²) in [5.41, 5.74) is 6.49. The minimum atomic E-state index is -0.399. The van der Waals surface area contributed by atoms with Crippen LogP contribution in [0.1, 0.15) is 25.4 Å². The number of hydrogen-bond acceptors (Lipinski definition) is 5. The van der Waals surface area contributed by atoms with E-state index in [1.807, 2.05) is 20.8 Å². The Balaban J connectivity index is 2.31. The molecule has 18 heavy (non-hydrogen) atoms. The summed E-state index contributed by atoms with van der Waals surface area (Å²) >= 11 is 1.73. The first-order valence-corrected chi connectivity index (χ1v) is 7.03.